The number of carbonyl (C=O) groups is 1. The van der Waals surface area contributed by atoms with Crippen LogP contribution in [-0.2, 0) is 11.3 Å². The number of methoxy groups -OCH3 is 1. The topological polar surface area (TPSA) is 71.3 Å². The van der Waals surface area contributed by atoms with Crippen LogP contribution in [0.1, 0.15) is 11.1 Å². The van der Waals surface area contributed by atoms with Gasteiger partial charge in [0.2, 0.25) is 0 Å². The molecule has 0 heterocycles. The molecule has 0 bridgehead atoms. The molecule has 0 aromatic heterocycles. The van der Waals surface area contributed by atoms with Gasteiger partial charge in [-0.2, -0.15) is 5.26 Å². The lowest BCUT2D eigenvalue weighted by Crippen LogP contribution is -2.28. The molecule has 2 aromatic rings. The van der Waals surface area contributed by atoms with Gasteiger partial charge in [0, 0.05) is 6.54 Å². The zero-order valence-corrected chi connectivity index (χ0v) is 12.2. The van der Waals surface area contributed by atoms with Crippen LogP contribution in [0.4, 0.5) is 0 Å². The first-order chi connectivity index (χ1) is 10.7. The first-order valence-corrected chi connectivity index (χ1v) is 6.74. The number of para-hydroxylation sites is 1. The number of benzene rings is 2. The molecule has 0 aliphatic rings. The molecule has 1 amide bonds. The van der Waals surface area contributed by atoms with E-state index in [-0.39, 0.29) is 12.5 Å². The van der Waals surface area contributed by atoms with Crippen molar-refractivity contribution in [2.75, 3.05) is 13.7 Å². The van der Waals surface area contributed by atoms with Gasteiger partial charge in [0.25, 0.3) is 5.91 Å². The summed E-state index contributed by atoms with van der Waals surface area (Å²) in [4.78, 5) is 11.8. The average Bonchev–Trinajstić information content (AvgIpc) is 2.58. The highest BCUT2D eigenvalue weighted by atomic mass is 16.5. The SMILES string of the molecule is COc1cccc(CNC(=O)COc2ccccc2C#N)c1. The third-order valence-corrected chi connectivity index (χ3v) is 2.99. The molecule has 2 rings (SSSR count). The highest BCUT2D eigenvalue weighted by molar-refractivity contribution is 5.77. The first kappa shape index (κ1) is 15.4. The summed E-state index contributed by atoms with van der Waals surface area (Å²) < 4.78 is 10.5. The van der Waals surface area contributed by atoms with Gasteiger partial charge < -0.3 is 14.8 Å². The van der Waals surface area contributed by atoms with Crippen molar-refractivity contribution in [3.8, 4) is 17.6 Å². The number of nitrogens with zero attached hydrogens (tertiary/aromatic N) is 1. The summed E-state index contributed by atoms with van der Waals surface area (Å²) >= 11 is 0. The van der Waals surface area contributed by atoms with E-state index in [1.54, 1.807) is 31.4 Å². The summed E-state index contributed by atoms with van der Waals surface area (Å²) in [6.45, 7) is 0.252. The quantitative estimate of drug-likeness (QED) is 0.887. The standard InChI is InChI=1S/C17H16N2O3/c1-21-15-7-4-5-13(9-15)11-19-17(20)12-22-16-8-3-2-6-14(16)10-18/h2-9H,11-12H2,1H3,(H,19,20). The molecule has 5 heteroatoms. The Morgan fingerprint density at radius 3 is 2.82 bits per heavy atom. The second kappa shape index (κ2) is 7.70. The van der Waals surface area contributed by atoms with Crippen molar-refractivity contribution in [3.05, 3.63) is 59.7 Å². The largest absolute Gasteiger partial charge is 0.497 e. The molecule has 0 radical (unpaired) electrons. The van der Waals surface area contributed by atoms with Crippen molar-refractivity contribution >= 4 is 5.91 Å². The van der Waals surface area contributed by atoms with Gasteiger partial charge in [-0.3, -0.25) is 4.79 Å². The third-order valence-electron chi connectivity index (χ3n) is 2.99. The van der Waals surface area contributed by atoms with Crippen molar-refractivity contribution in [2.24, 2.45) is 0 Å². The van der Waals surface area contributed by atoms with Crippen LogP contribution in [0, 0.1) is 11.3 Å². The van der Waals surface area contributed by atoms with Gasteiger partial charge in [-0.1, -0.05) is 24.3 Å². The van der Waals surface area contributed by atoms with Crippen molar-refractivity contribution in [2.45, 2.75) is 6.54 Å². The maximum Gasteiger partial charge on any atom is 0.258 e. The molecule has 0 atom stereocenters. The minimum atomic E-state index is -0.254. The minimum absolute atomic E-state index is 0.136. The Morgan fingerprint density at radius 2 is 2.05 bits per heavy atom. The monoisotopic (exact) mass is 296 g/mol. The summed E-state index contributed by atoms with van der Waals surface area (Å²) in [6, 6.07) is 16.3. The fraction of sp³-hybridized carbons (Fsp3) is 0.176. The summed E-state index contributed by atoms with van der Waals surface area (Å²) in [5.74, 6) is 0.892. The maximum atomic E-state index is 11.8. The predicted octanol–water partition coefficient (Wildman–Crippen LogP) is 2.26. The fourth-order valence-electron chi connectivity index (χ4n) is 1.86. The maximum absolute atomic E-state index is 11.8. The molecule has 5 nitrogen and oxygen atoms in total. The Morgan fingerprint density at radius 1 is 1.23 bits per heavy atom. The number of ether oxygens (including phenoxy) is 2. The number of hydrogen-bond acceptors (Lipinski definition) is 4. The lowest BCUT2D eigenvalue weighted by Gasteiger charge is -2.09. The molecule has 0 aliphatic carbocycles. The van der Waals surface area contributed by atoms with E-state index in [1.807, 2.05) is 30.3 Å². The third kappa shape index (κ3) is 4.25. The van der Waals surface area contributed by atoms with Gasteiger partial charge >= 0.3 is 0 Å². The lowest BCUT2D eigenvalue weighted by molar-refractivity contribution is -0.123. The van der Waals surface area contributed by atoms with E-state index in [9.17, 15) is 4.79 Å². The molecule has 112 valence electrons. The van der Waals surface area contributed by atoms with Crippen molar-refractivity contribution < 1.29 is 14.3 Å². The molecule has 22 heavy (non-hydrogen) atoms. The van der Waals surface area contributed by atoms with E-state index in [4.69, 9.17) is 14.7 Å². The van der Waals surface area contributed by atoms with E-state index in [0.717, 1.165) is 11.3 Å². The summed E-state index contributed by atoms with van der Waals surface area (Å²) in [5, 5.41) is 11.7. The zero-order chi connectivity index (χ0) is 15.8. The van der Waals surface area contributed by atoms with Crippen LogP contribution >= 0.6 is 0 Å². The van der Waals surface area contributed by atoms with Gasteiger partial charge in [-0.05, 0) is 29.8 Å². The van der Waals surface area contributed by atoms with Crippen LogP contribution in [0.2, 0.25) is 0 Å². The van der Waals surface area contributed by atoms with Crippen LogP contribution in [0.5, 0.6) is 11.5 Å². The Balaban J connectivity index is 1.84. The fourth-order valence-corrected chi connectivity index (χ4v) is 1.86. The predicted molar refractivity (Wildman–Crippen MR) is 81.5 cm³/mol. The van der Waals surface area contributed by atoms with Gasteiger partial charge in [0.1, 0.15) is 17.6 Å². The highest BCUT2D eigenvalue weighted by Crippen LogP contribution is 2.16. The highest BCUT2D eigenvalue weighted by Gasteiger charge is 2.06. The average molecular weight is 296 g/mol. The Hall–Kier alpha value is -3.00. The summed E-state index contributed by atoms with van der Waals surface area (Å²) in [6.07, 6.45) is 0. The molecule has 2 aromatic carbocycles. The number of amides is 1. The van der Waals surface area contributed by atoms with Gasteiger partial charge in [0.05, 0.1) is 12.7 Å². The van der Waals surface area contributed by atoms with E-state index in [1.165, 1.54) is 0 Å². The van der Waals surface area contributed by atoms with Crippen LogP contribution in [0.3, 0.4) is 0 Å². The number of hydrogen-bond donors (Lipinski definition) is 1. The first-order valence-electron chi connectivity index (χ1n) is 6.74. The lowest BCUT2D eigenvalue weighted by atomic mass is 10.2. The van der Waals surface area contributed by atoms with Crippen LogP contribution in [-0.4, -0.2) is 19.6 Å². The molecular formula is C17H16N2O3. The zero-order valence-electron chi connectivity index (χ0n) is 12.2. The molecule has 0 aliphatic heterocycles. The second-order valence-corrected chi connectivity index (χ2v) is 4.52. The van der Waals surface area contributed by atoms with Crippen LogP contribution < -0.4 is 14.8 Å². The molecule has 1 N–H and O–H groups in total. The summed E-state index contributed by atoms with van der Waals surface area (Å²) in [5.41, 5.74) is 1.34. The minimum Gasteiger partial charge on any atom is -0.497 e. The smallest absolute Gasteiger partial charge is 0.258 e. The Bertz CT molecular complexity index is 692. The summed E-state index contributed by atoms with van der Waals surface area (Å²) in [7, 11) is 1.60. The number of nitriles is 1. The molecule has 0 saturated carbocycles. The molecule has 0 saturated heterocycles. The molecule has 0 fully saturated rings. The van der Waals surface area contributed by atoms with Crippen molar-refractivity contribution in [3.63, 3.8) is 0 Å². The van der Waals surface area contributed by atoms with Gasteiger partial charge in [0.15, 0.2) is 6.61 Å². The number of nitrogens with one attached hydrogen (secondary N) is 1. The second-order valence-electron chi connectivity index (χ2n) is 4.52. The normalized spacial score (nSPS) is 9.64. The molecular weight excluding hydrogens is 280 g/mol. The van der Waals surface area contributed by atoms with Gasteiger partial charge in [-0.15, -0.1) is 0 Å². The number of rotatable bonds is 6. The van der Waals surface area contributed by atoms with Gasteiger partial charge in [-0.25, -0.2) is 0 Å². The number of carbonyl (C=O) groups excluding carboxylic acids is 1. The van der Waals surface area contributed by atoms with E-state index in [2.05, 4.69) is 5.32 Å². The van der Waals surface area contributed by atoms with Crippen LogP contribution in [0.15, 0.2) is 48.5 Å². The van der Waals surface area contributed by atoms with E-state index >= 15 is 0 Å². The van der Waals surface area contributed by atoms with E-state index in [0.29, 0.717) is 17.9 Å². The molecule has 0 unspecified atom stereocenters. The van der Waals surface area contributed by atoms with Crippen molar-refractivity contribution in [1.29, 1.82) is 5.26 Å². The molecule has 0 spiro atoms. The van der Waals surface area contributed by atoms with Crippen LogP contribution in [0.25, 0.3) is 0 Å². The Kier molecular flexibility index (Phi) is 5.38. The Labute approximate surface area is 129 Å². The van der Waals surface area contributed by atoms with Crippen molar-refractivity contribution in [1.82, 2.24) is 5.32 Å². The van der Waals surface area contributed by atoms with E-state index < -0.39 is 0 Å².